The molecule has 0 bridgehead atoms. The maximum atomic E-state index is 13.5. The van der Waals surface area contributed by atoms with Gasteiger partial charge in [0.25, 0.3) is 0 Å². The molecule has 0 aromatic rings. The molecule has 0 rings (SSSR count). The molecule has 0 aliphatic carbocycles. The van der Waals surface area contributed by atoms with Crippen LogP contribution in [-0.4, -0.2) is 279 Å². The highest BCUT2D eigenvalue weighted by Gasteiger charge is 2.39. The van der Waals surface area contributed by atoms with Crippen LogP contribution in [0.3, 0.4) is 0 Å². The molecule has 0 saturated carbocycles. The minimum Gasteiger partial charge on any atom is -0.481 e. The average Bonchev–Trinajstić information content (AvgIpc) is 0.931. The van der Waals surface area contributed by atoms with E-state index in [1.807, 2.05) is 21.3 Å². The van der Waals surface area contributed by atoms with Gasteiger partial charge in [0, 0.05) is 24.6 Å². The third-order valence-corrected chi connectivity index (χ3v) is 12.8. The van der Waals surface area contributed by atoms with Crippen molar-refractivity contribution in [2.75, 3.05) is 24.6 Å². The van der Waals surface area contributed by atoms with Crippen molar-refractivity contribution < 1.29 is 157 Å². The summed E-state index contributed by atoms with van der Waals surface area (Å²) in [4.78, 5) is 273. The van der Waals surface area contributed by atoms with Gasteiger partial charge in [-0.25, -0.2) is 0 Å². The van der Waals surface area contributed by atoms with Crippen LogP contribution in [0.15, 0.2) is 0 Å². The van der Waals surface area contributed by atoms with Crippen LogP contribution < -0.4 is 75.3 Å². The van der Waals surface area contributed by atoms with Gasteiger partial charge in [0.15, 0.2) is 0 Å². The van der Waals surface area contributed by atoms with Crippen LogP contribution in [0.25, 0.3) is 0 Å². The average molecular weight is 1420 g/mol. The molecule has 534 valence electrons. The molecule has 0 aliphatic rings. The Morgan fingerprint density at radius 1 is 0.219 bits per heavy atom. The molecule has 0 spiro atoms. The van der Waals surface area contributed by atoms with E-state index in [-0.39, 0.29) is 13.1 Å². The zero-order valence-corrected chi connectivity index (χ0v) is 51.1. The van der Waals surface area contributed by atoms with Gasteiger partial charge in [-0.2, -0.15) is 25.3 Å². The van der Waals surface area contributed by atoms with Gasteiger partial charge in [-0.3, -0.25) is 105 Å². The summed E-state index contributed by atoms with van der Waals surface area (Å²) in [6, 6.07) is -25.3. The first-order chi connectivity index (χ1) is 44.5. The van der Waals surface area contributed by atoms with Crippen molar-refractivity contribution in [2.45, 2.75) is 137 Å². The zero-order chi connectivity index (χ0) is 74.0. The third-order valence-electron chi connectivity index (χ3n) is 12.1. The number of nitrogens with one attached hydrogen (secondary N) is 12. The highest BCUT2D eigenvalue weighted by atomic mass is 32.1. The Hall–Kier alpha value is -11.0. The fourth-order valence-electron chi connectivity index (χ4n) is 7.56. The summed E-state index contributed by atoms with van der Waals surface area (Å²) in [6.45, 7) is -0.750. The van der Waals surface area contributed by atoms with E-state index in [0.29, 0.717) is 0 Å². The lowest BCUT2D eigenvalue weighted by Gasteiger charge is -2.26. The smallest absolute Gasteiger partial charge is 0.305 e. The van der Waals surface area contributed by atoms with E-state index in [9.17, 15) is 146 Å². The number of carbonyl (C=O) groups is 22. The zero-order valence-electron chi connectivity index (χ0n) is 49.3. The monoisotopic (exact) mass is 1420 g/mol. The minimum absolute atomic E-state index is 0.375. The van der Waals surface area contributed by atoms with Gasteiger partial charge < -0.3 is 126 Å². The van der Waals surface area contributed by atoms with Gasteiger partial charge in [0.2, 0.25) is 70.9 Å². The summed E-state index contributed by atoms with van der Waals surface area (Å²) in [5, 5.41) is 118. The van der Waals surface area contributed by atoms with E-state index >= 15 is 0 Å². The van der Waals surface area contributed by atoms with Crippen molar-refractivity contribution in [1.82, 2.24) is 63.8 Å². The summed E-state index contributed by atoms with van der Waals surface area (Å²) < 4.78 is 0. The molecule has 96 heavy (non-hydrogen) atoms. The highest BCUT2D eigenvalue weighted by molar-refractivity contribution is 7.80. The fourth-order valence-corrected chi connectivity index (χ4v) is 8.15. The minimum atomic E-state index is -2.36. The van der Waals surface area contributed by atoms with E-state index in [2.05, 4.69) is 35.9 Å². The van der Waals surface area contributed by atoms with Gasteiger partial charge in [0.1, 0.15) is 60.4 Å². The lowest BCUT2D eigenvalue weighted by Crippen LogP contribution is -2.60. The Balaban J connectivity index is 6.41. The Morgan fingerprint density at radius 2 is 0.333 bits per heavy atom. The normalized spacial score (nSPS) is 14.5. The number of rotatable bonds is 49. The van der Waals surface area contributed by atoms with E-state index in [0.717, 1.165) is 0 Å². The molecule has 0 fully saturated rings. The molecule has 0 radical (unpaired) electrons. The van der Waals surface area contributed by atoms with Gasteiger partial charge in [0.05, 0.1) is 76.3 Å². The van der Waals surface area contributed by atoms with Gasteiger partial charge in [-0.1, -0.05) is 0 Å². The molecule has 26 N–H and O–H groups in total. The maximum absolute atomic E-state index is 13.5. The molecule has 12 amide bonds. The predicted octanol–water partition coefficient (Wildman–Crippen LogP) is -12.7. The number of nitrogens with two attached hydrogens (primary N) is 2. The predicted molar refractivity (Wildman–Crippen MR) is 312 cm³/mol. The third kappa shape index (κ3) is 34.0. The number of amides is 12. The lowest BCUT2D eigenvalue weighted by atomic mass is 10.1. The molecular formula is C48H68N14O32S2. The lowest BCUT2D eigenvalue weighted by molar-refractivity contribution is -0.145. The number of carbonyl (C=O) groups excluding carboxylic acids is 12. The van der Waals surface area contributed by atoms with Gasteiger partial charge >= 0.3 is 59.7 Å². The van der Waals surface area contributed by atoms with E-state index in [1.54, 1.807) is 31.9 Å². The summed E-state index contributed by atoms with van der Waals surface area (Å²) in [5.74, 6) is -37.4. The summed E-state index contributed by atoms with van der Waals surface area (Å²) in [7, 11) is 0. The molecule has 0 aromatic carbocycles. The summed E-state index contributed by atoms with van der Waals surface area (Å²) in [5.41, 5.74) is 10.1. The van der Waals surface area contributed by atoms with Crippen LogP contribution in [0.5, 0.6) is 0 Å². The van der Waals surface area contributed by atoms with E-state index in [4.69, 9.17) is 21.7 Å². The quantitative estimate of drug-likeness (QED) is 0.0199. The van der Waals surface area contributed by atoms with E-state index in [1.165, 1.54) is 0 Å². The van der Waals surface area contributed by atoms with Crippen molar-refractivity contribution in [1.29, 1.82) is 0 Å². The molecular weight excluding hydrogens is 1350 g/mol. The largest absolute Gasteiger partial charge is 0.481 e. The fraction of sp³-hybridized carbons (Fsp3) is 0.542. The second-order valence-corrected chi connectivity index (χ2v) is 20.5. The second kappa shape index (κ2) is 42.2. The second-order valence-electron chi connectivity index (χ2n) is 19.8. The Bertz CT molecular complexity index is 2820. The molecule has 0 aliphatic heterocycles. The van der Waals surface area contributed by atoms with Crippen molar-refractivity contribution >= 4 is 156 Å². The van der Waals surface area contributed by atoms with Crippen molar-refractivity contribution in [3.05, 3.63) is 0 Å². The number of primary amides is 2. The summed E-state index contributed by atoms with van der Waals surface area (Å²) >= 11 is 8.06. The molecule has 12 atom stereocenters. The van der Waals surface area contributed by atoms with Crippen molar-refractivity contribution in [3.8, 4) is 0 Å². The standard InChI is InChI=1S/C48H68N14O32S2/c49-37(83)15(3-27(63)64)53-39(85)17(5-29(67)68)55-41(87)19(7-31(71)72)57-43(89)21(9-33(75)76)59-45(91)23(11-35(79)80)61-47(93)25(13-95)51-1-2-52-26(14-96)48(94)62-24(12-36(81)82)46(92)60-22(10-34(77)78)44(90)58-20(8-32(73)74)42(88)56-18(6-30(69)70)40(86)54-16(38(50)84)4-28(65)66/h15-26,51-52,95-96H,1-14H2,(H2,49,83)(H2,50,84)(H,53,85)(H,54,86)(H,55,87)(H,56,88)(H,57,89)(H,58,90)(H,59,91)(H,60,92)(H,61,93)(H,62,94)(H,63,64)(H,65,66)(H,67,68)(H,69,70)(H,71,72)(H,73,74)(H,75,76)(H,77,78)(H,79,80)(H,81,82)/t15-,16-,17-,18-,19-,20-,21-,22-,23-,24-,25+,26+/m1/s1. The Morgan fingerprint density at radius 3 is 0.448 bits per heavy atom. The van der Waals surface area contributed by atoms with Crippen LogP contribution in [-0.2, 0) is 105 Å². The maximum Gasteiger partial charge on any atom is 0.305 e. The molecule has 0 aromatic heterocycles. The number of carboxylic acids is 10. The first-order valence-electron chi connectivity index (χ1n) is 27.0. The number of hydrogen-bond donors (Lipinski definition) is 26. The van der Waals surface area contributed by atoms with E-state index < -0.39 is 279 Å². The molecule has 0 heterocycles. The first-order valence-corrected chi connectivity index (χ1v) is 28.3. The molecule has 0 unspecified atom stereocenters. The molecule has 0 saturated heterocycles. The van der Waals surface area contributed by atoms with Gasteiger partial charge in [-0.15, -0.1) is 0 Å². The van der Waals surface area contributed by atoms with Crippen LogP contribution in [0, 0.1) is 0 Å². The number of hydrogen-bond acceptors (Lipinski definition) is 26. The SMILES string of the molecule is NC(=O)[C@@H](CC(=O)O)NC(=O)[C@@H](CC(=O)O)NC(=O)[C@@H](CC(=O)O)NC(=O)[C@@H](CC(=O)O)NC(=O)[C@@H](CC(=O)O)NC(=O)[C@H](CS)NCCN[C@@H](CS)C(=O)N[C@H](CC(=O)O)C(=O)N[C@H](CC(=O)O)C(=O)N[C@H](CC(=O)O)C(=O)N[C@H](CC(=O)O)C(=O)N[C@H](CC(=O)O)C(N)=O. The number of carboxylic acid groups (broad SMARTS) is 10. The Labute approximate surface area is 547 Å². The summed E-state index contributed by atoms with van der Waals surface area (Å²) in [6.07, 6.45) is -13.1. The first kappa shape index (κ1) is 85.0. The molecule has 46 nitrogen and oxygen atoms in total. The van der Waals surface area contributed by atoms with Crippen molar-refractivity contribution in [3.63, 3.8) is 0 Å². The van der Waals surface area contributed by atoms with Crippen LogP contribution in [0.1, 0.15) is 64.2 Å². The van der Waals surface area contributed by atoms with Crippen molar-refractivity contribution in [2.24, 2.45) is 11.5 Å². The van der Waals surface area contributed by atoms with Gasteiger partial charge in [-0.05, 0) is 0 Å². The topological polar surface area (TPSA) is 774 Å². The molecule has 48 heteroatoms. The Kier molecular flexibility index (Phi) is 37.4. The number of aliphatic carboxylic acids is 10. The van der Waals surface area contributed by atoms with Crippen LogP contribution >= 0.6 is 25.3 Å². The number of thiol groups is 2. The van der Waals surface area contributed by atoms with Crippen LogP contribution in [0.2, 0.25) is 0 Å². The highest BCUT2D eigenvalue weighted by Crippen LogP contribution is 2.08. The van der Waals surface area contributed by atoms with Crippen LogP contribution in [0.4, 0.5) is 0 Å².